The summed E-state index contributed by atoms with van der Waals surface area (Å²) < 4.78 is 12.3. The summed E-state index contributed by atoms with van der Waals surface area (Å²) in [4.78, 5) is 17.4. The van der Waals surface area contributed by atoms with Crippen molar-refractivity contribution in [2.24, 2.45) is 0 Å². The second kappa shape index (κ2) is 10.2. The van der Waals surface area contributed by atoms with Crippen LogP contribution in [0, 0.1) is 0 Å². The van der Waals surface area contributed by atoms with Gasteiger partial charge in [0.05, 0.1) is 19.3 Å². The van der Waals surface area contributed by atoms with E-state index in [1.165, 1.54) is 23.1 Å². The third-order valence-corrected chi connectivity index (χ3v) is 7.24. The number of carbonyl (C=O) groups is 1. The van der Waals surface area contributed by atoms with Crippen LogP contribution >= 0.6 is 0 Å². The van der Waals surface area contributed by atoms with Gasteiger partial charge in [-0.3, -0.25) is 9.69 Å². The number of hydrogen-bond donors (Lipinski definition) is 0. The van der Waals surface area contributed by atoms with Crippen LogP contribution in [0.15, 0.2) is 54.6 Å². The molecule has 0 radical (unpaired) electrons. The molecule has 5 rings (SSSR count). The second-order valence-corrected chi connectivity index (χ2v) is 9.34. The van der Waals surface area contributed by atoms with Crippen LogP contribution in [-0.2, 0) is 27.1 Å². The van der Waals surface area contributed by atoms with Crippen molar-refractivity contribution in [3.63, 3.8) is 0 Å². The highest BCUT2D eigenvalue weighted by molar-refractivity contribution is 5.77. The van der Waals surface area contributed by atoms with Crippen LogP contribution < -0.4 is 0 Å². The summed E-state index contributed by atoms with van der Waals surface area (Å²) in [6.45, 7) is 4.49. The van der Waals surface area contributed by atoms with E-state index in [9.17, 15) is 4.79 Å². The molecule has 0 spiro atoms. The lowest BCUT2D eigenvalue weighted by atomic mass is 9.81. The minimum absolute atomic E-state index is 0.00416. The first kappa shape index (κ1) is 21.6. The average molecular weight is 435 g/mol. The van der Waals surface area contributed by atoms with Gasteiger partial charge in [0.25, 0.3) is 0 Å². The Morgan fingerprint density at radius 2 is 1.69 bits per heavy atom. The van der Waals surface area contributed by atoms with E-state index < -0.39 is 0 Å². The standard InChI is InChI=1S/C27H34N2O3/c30-26(18-23-11-6-10-22-9-4-5-12-25(22)23)28-13-15-29(16-14-28)27-20-31-24(19-32-27)17-21-7-2-1-3-8-21/h1-5,7-9,12,23-24,27H,6,10-11,13-20H2. The Bertz CT molecular complexity index is 887. The van der Waals surface area contributed by atoms with Crippen LogP contribution in [0.5, 0.6) is 0 Å². The summed E-state index contributed by atoms with van der Waals surface area (Å²) in [6, 6.07) is 19.1. The van der Waals surface area contributed by atoms with E-state index in [2.05, 4.69) is 58.3 Å². The van der Waals surface area contributed by atoms with Crippen molar-refractivity contribution in [1.29, 1.82) is 0 Å². The van der Waals surface area contributed by atoms with Gasteiger partial charge in [-0.2, -0.15) is 0 Å². The number of aryl methyl sites for hydroxylation is 1. The highest BCUT2D eigenvalue weighted by Gasteiger charge is 2.32. The van der Waals surface area contributed by atoms with Crippen molar-refractivity contribution in [2.75, 3.05) is 39.4 Å². The molecule has 32 heavy (non-hydrogen) atoms. The predicted molar refractivity (Wildman–Crippen MR) is 125 cm³/mol. The van der Waals surface area contributed by atoms with E-state index in [4.69, 9.17) is 9.47 Å². The van der Waals surface area contributed by atoms with Crippen molar-refractivity contribution in [3.8, 4) is 0 Å². The fraction of sp³-hybridized carbons (Fsp3) is 0.519. The number of hydrogen-bond acceptors (Lipinski definition) is 4. The maximum Gasteiger partial charge on any atom is 0.223 e. The van der Waals surface area contributed by atoms with Crippen LogP contribution in [0.3, 0.4) is 0 Å². The summed E-state index contributed by atoms with van der Waals surface area (Å²) in [5.41, 5.74) is 4.11. The van der Waals surface area contributed by atoms with Gasteiger partial charge in [-0.15, -0.1) is 0 Å². The Hall–Kier alpha value is -2.21. The molecule has 0 bridgehead atoms. The van der Waals surface area contributed by atoms with Gasteiger partial charge >= 0.3 is 0 Å². The largest absolute Gasteiger partial charge is 0.371 e. The number of carbonyl (C=O) groups excluding carboxylic acids is 1. The third-order valence-electron chi connectivity index (χ3n) is 7.24. The Balaban J connectivity index is 1.07. The Kier molecular flexibility index (Phi) is 6.86. The van der Waals surface area contributed by atoms with E-state index in [1.54, 1.807) is 0 Å². The summed E-state index contributed by atoms with van der Waals surface area (Å²) in [5, 5.41) is 0. The lowest BCUT2D eigenvalue weighted by Crippen LogP contribution is -2.56. The second-order valence-electron chi connectivity index (χ2n) is 9.34. The molecule has 3 unspecified atom stereocenters. The minimum atomic E-state index is 0.00416. The molecule has 0 N–H and O–H groups in total. The summed E-state index contributed by atoms with van der Waals surface area (Å²) in [6.07, 6.45) is 5.11. The molecule has 5 nitrogen and oxygen atoms in total. The highest BCUT2D eigenvalue weighted by atomic mass is 16.6. The molecule has 3 atom stereocenters. The Morgan fingerprint density at radius 1 is 0.906 bits per heavy atom. The molecule has 1 aliphatic carbocycles. The number of ether oxygens (including phenoxy) is 2. The van der Waals surface area contributed by atoms with Gasteiger partial charge in [0.2, 0.25) is 5.91 Å². The van der Waals surface area contributed by atoms with Crippen molar-refractivity contribution >= 4 is 5.91 Å². The van der Waals surface area contributed by atoms with Crippen LogP contribution in [0.25, 0.3) is 0 Å². The van der Waals surface area contributed by atoms with Crippen LogP contribution in [-0.4, -0.2) is 67.4 Å². The Morgan fingerprint density at radius 3 is 2.47 bits per heavy atom. The van der Waals surface area contributed by atoms with E-state index in [1.807, 2.05) is 6.07 Å². The smallest absolute Gasteiger partial charge is 0.223 e. The van der Waals surface area contributed by atoms with Gasteiger partial charge < -0.3 is 14.4 Å². The minimum Gasteiger partial charge on any atom is -0.371 e. The molecule has 2 aliphatic heterocycles. The molecular formula is C27H34N2O3. The molecule has 2 fully saturated rings. The van der Waals surface area contributed by atoms with E-state index in [0.717, 1.165) is 45.4 Å². The van der Waals surface area contributed by atoms with E-state index in [0.29, 0.717) is 31.5 Å². The zero-order chi connectivity index (χ0) is 21.8. The SMILES string of the molecule is O=C(CC1CCCc2ccccc21)N1CCN(C2COC(Cc3ccccc3)CO2)CC1. The number of benzene rings is 2. The average Bonchev–Trinajstić information content (AvgIpc) is 2.85. The molecule has 2 saturated heterocycles. The van der Waals surface area contributed by atoms with E-state index >= 15 is 0 Å². The van der Waals surface area contributed by atoms with Gasteiger partial charge in [-0.05, 0) is 41.9 Å². The molecule has 2 heterocycles. The van der Waals surface area contributed by atoms with Gasteiger partial charge in [-0.1, -0.05) is 54.6 Å². The van der Waals surface area contributed by atoms with Gasteiger partial charge in [0.15, 0.2) is 0 Å². The number of piperazine rings is 1. The quantitative estimate of drug-likeness (QED) is 0.721. The third kappa shape index (κ3) is 5.06. The van der Waals surface area contributed by atoms with Crippen molar-refractivity contribution < 1.29 is 14.3 Å². The summed E-state index contributed by atoms with van der Waals surface area (Å²) in [7, 11) is 0. The van der Waals surface area contributed by atoms with E-state index in [-0.39, 0.29) is 12.3 Å². The van der Waals surface area contributed by atoms with Gasteiger partial charge in [-0.25, -0.2) is 0 Å². The molecule has 1 amide bonds. The number of nitrogens with zero attached hydrogens (tertiary/aromatic N) is 2. The van der Waals surface area contributed by atoms with Gasteiger partial charge in [0, 0.05) is 39.0 Å². The molecule has 2 aromatic carbocycles. The predicted octanol–water partition coefficient (Wildman–Crippen LogP) is 3.63. The fourth-order valence-electron chi connectivity index (χ4n) is 5.40. The molecule has 3 aliphatic rings. The van der Waals surface area contributed by atoms with Crippen LogP contribution in [0.4, 0.5) is 0 Å². The monoisotopic (exact) mass is 434 g/mol. The maximum atomic E-state index is 13.0. The normalized spacial score (nSPS) is 26.5. The molecule has 5 heteroatoms. The van der Waals surface area contributed by atoms with Gasteiger partial charge in [0.1, 0.15) is 6.23 Å². The van der Waals surface area contributed by atoms with Crippen LogP contribution in [0.2, 0.25) is 0 Å². The fourth-order valence-corrected chi connectivity index (χ4v) is 5.40. The zero-order valence-corrected chi connectivity index (χ0v) is 18.8. The maximum absolute atomic E-state index is 13.0. The molecule has 0 aromatic heterocycles. The number of fused-ring (bicyclic) bond motifs is 1. The molecule has 2 aromatic rings. The number of amides is 1. The highest BCUT2D eigenvalue weighted by Crippen LogP contribution is 2.34. The van der Waals surface area contributed by atoms with Crippen LogP contribution in [0.1, 0.15) is 41.9 Å². The van der Waals surface area contributed by atoms with Crippen molar-refractivity contribution in [1.82, 2.24) is 9.80 Å². The zero-order valence-electron chi connectivity index (χ0n) is 18.8. The summed E-state index contributed by atoms with van der Waals surface area (Å²) >= 11 is 0. The molecule has 0 saturated carbocycles. The number of rotatable bonds is 5. The molecule has 170 valence electrons. The molecular weight excluding hydrogens is 400 g/mol. The first-order valence-corrected chi connectivity index (χ1v) is 12.1. The van der Waals surface area contributed by atoms with Crippen molar-refractivity contribution in [2.45, 2.75) is 50.4 Å². The topological polar surface area (TPSA) is 42.0 Å². The summed E-state index contributed by atoms with van der Waals surface area (Å²) in [5.74, 6) is 0.678. The Labute approximate surface area is 191 Å². The first-order valence-electron chi connectivity index (χ1n) is 12.1. The van der Waals surface area contributed by atoms with Crippen molar-refractivity contribution in [3.05, 3.63) is 71.3 Å². The lowest BCUT2D eigenvalue weighted by Gasteiger charge is -2.42. The lowest BCUT2D eigenvalue weighted by molar-refractivity contribution is -0.190. The first-order chi connectivity index (χ1) is 15.8.